The second-order valence-corrected chi connectivity index (χ2v) is 7.32. The maximum absolute atomic E-state index is 12.1. The van der Waals surface area contributed by atoms with Crippen molar-refractivity contribution in [3.63, 3.8) is 0 Å². The molecule has 1 heterocycles. The van der Waals surface area contributed by atoms with Crippen molar-refractivity contribution in [1.82, 2.24) is 5.32 Å². The molecule has 0 fully saturated rings. The summed E-state index contributed by atoms with van der Waals surface area (Å²) in [7, 11) is 1.65. The van der Waals surface area contributed by atoms with E-state index in [0.29, 0.717) is 13.0 Å². The van der Waals surface area contributed by atoms with Crippen molar-refractivity contribution in [1.29, 1.82) is 0 Å². The zero-order valence-electron chi connectivity index (χ0n) is 15.6. The summed E-state index contributed by atoms with van der Waals surface area (Å²) in [5, 5.41) is 7.11. The van der Waals surface area contributed by atoms with Gasteiger partial charge in [-0.05, 0) is 41.6 Å². The lowest BCUT2D eigenvalue weighted by molar-refractivity contribution is -0.121. The van der Waals surface area contributed by atoms with Crippen molar-refractivity contribution in [2.45, 2.75) is 30.3 Å². The molecule has 1 amide bonds. The van der Waals surface area contributed by atoms with E-state index in [1.54, 1.807) is 18.9 Å². The number of ether oxygens (including phenoxy) is 1. The minimum absolute atomic E-state index is 0.000828. The van der Waals surface area contributed by atoms with E-state index in [9.17, 15) is 4.79 Å². The van der Waals surface area contributed by atoms with Crippen molar-refractivity contribution in [3.8, 4) is 5.75 Å². The van der Waals surface area contributed by atoms with Gasteiger partial charge in [0.15, 0.2) is 0 Å². The number of thioether (sulfide) groups is 1. The second kappa shape index (κ2) is 9.46. The Hall–Kier alpha value is -2.47. The normalized spacial score (nSPS) is 15.8. The second-order valence-electron chi connectivity index (χ2n) is 6.44. The number of oxime groups is 1. The fraction of sp³-hybridized carbons (Fsp3) is 0.333. The molecule has 0 saturated heterocycles. The zero-order valence-corrected chi connectivity index (χ0v) is 16.4. The van der Waals surface area contributed by atoms with Gasteiger partial charge in [-0.2, -0.15) is 0 Å². The monoisotopic (exact) mass is 384 g/mol. The van der Waals surface area contributed by atoms with Crippen LogP contribution in [-0.2, 0) is 22.5 Å². The molecule has 6 heteroatoms. The molecular weight excluding hydrogens is 360 g/mol. The quantitative estimate of drug-likeness (QED) is 0.708. The largest absolute Gasteiger partial charge is 0.497 e. The van der Waals surface area contributed by atoms with E-state index in [1.165, 1.54) is 4.90 Å². The first-order chi connectivity index (χ1) is 13.2. The van der Waals surface area contributed by atoms with E-state index in [0.717, 1.165) is 35.4 Å². The van der Waals surface area contributed by atoms with Gasteiger partial charge in [-0.1, -0.05) is 29.4 Å². The van der Waals surface area contributed by atoms with Crippen molar-refractivity contribution in [2.24, 2.45) is 5.16 Å². The average Bonchev–Trinajstić information content (AvgIpc) is 3.15. The average molecular weight is 385 g/mol. The molecule has 5 nitrogen and oxygen atoms in total. The first-order valence-corrected chi connectivity index (χ1v) is 10.1. The minimum atomic E-state index is -0.0962. The molecule has 0 radical (unpaired) electrons. The summed E-state index contributed by atoms with van der Waals surface area (Å²) in [4.78, 5) is 18.8. The number of benzene rings is 2. The van der Waals surface area contributed by atoms with Gasteiger partial charge in [-0.25, -0.2) is 0 Å². The predicted molar refractivity (Wildman–Crippen MR) is 109 cm³/mol. The topological polar surface area (TPSA) is 59.9 Å². The van der Waals surface area contributed by atoms with Crippen LogP contribution < -0.4 is 10.1 Å². The molecule has 1 atom stereocenters. The maximum atomic E-state index is 12.1. The number of carbonyl (C=O) groups is 1. The molecule has 1 aliphatic rings. The van der Waals surface area contributed by atoms with Crippen molar-refractivity contribution < 1.29 is 14.4 Å². The van der Waals surface area contributed by atoms with Crippen LogP contribution in [0.4, 0.5) is 0 Å². The van der Waals surface area contributed by atoms with E-state index < -0.39 is 0 Å². The van der Waals surface area contributed by atoms with Gasteiger partial charge < -0.3 is 14.9 Å². The van der Waals surface area contributed by atoms with E-state index >= 15 is 0 Å². The van der Waals surface area contributed by atoms with Gasteiger partial charge >= 0.3 is 0 Å². The smallest absolute Gasteiger partial charge is 0.224 e. The molecule has 1 N–H and O–H groups in total. The van der Waals surface area contributed by atoms with E-state index in [2.05, 4.69) is 10.5 Å². The zero-order chi connectivity index (χ0) is 19.1. The number of rotatable bonds is 8. The van der Waals surface area contributed by atoms with Crippen LogP contribution in [0.25, 0.3) is 0 Å². The van der Waals surface area contributed by atoms with Gasteiger partial charge in [0.1, 0.15) is 11.9 Å². The lowest BCUT2D eigenvalue weighted by Gasteiger charge is -2.10. The fourth-order valence-corrected chi connectivity index (χ4v) is 3.31. The maximum Gasteiger partial charge on any atom is 0.224 e. The van der Waals surface area contributed by atoms with E-state index in [1.807, 2.05) is 54.8 Å². The SMILES string of the molecule is COc1ccc(CC2=NO[C@@H](CNC(=O)Cc3ccc(SC)cc3)C2)cc1. The van der Waals surface area contributed by atoms with Crippen LogP contribution in [0.15, 0.2) is 58.6 Å². The summed E-state index contributed by atoms with van der Waals surface area (Å²) >= 11 is 1.69. The van der Waals surface area contributed by atoms with Crippen molar-refractivity contribution in [2.75, 3.05) is 19.9 Å². The molecule has 2 aromatic carbocycles. The first kappa shape index (κ1) is 19.3. The Morgan fingerprint density at radius 3 is 2.56 bits per heavy atom. The highest BCUT2D eigenvalue weighted by atomic mass is 32.2. The Kier molecular flexibility index (Phi) is 6.76. The third-order valence-electron chi connectivity index (χ3n) is 4.41. The van der Waals surface area contributed by atoms with Crippen molar-refractivity contribution >= 4 is 23.4 Å². The molecule has 0 spiro atoms. The Labute approximate surface area is 164 Å². The van der Waals surface area contributed by atoms with Crippen LogP contribution in [0, 0.1) is 0 Å². The fourth-order valence-electron chi connectivity index (χ4n) is 2.90. The summed E-state index contributed by atoms with van der Waals surface area (Å²) in [5.74, 6) is 0.839. The molecule has 0 aromatic heterocycles. The number of methoxy groups -OCH3 is 1. The van der Waals surface area contributed by atoms with Crippen molar-refractivity contribution in [3.05, 3.63) is 59.7 Å². The molecule has 0 unspecified atom stereocenters. The first-order valence-electron chi connectivity index (χ1n) is 8.90. The van der Waals surface area contributed by atoms with Crippen LogP contribution in [0.2, 0.25) is 0 Å². The van der Waals surface area contributed by atoms with Crippen LogP contribution in [0.3, 0.4) is 0 Å². The highest BCUT2D eigenvalue weighted by molar-refractivity contribution is 7.98. The molecule has 1 aliphatic heterocycles. The molecule has 3 rings (SSSR count). The number of hydrogen-bond donors (Lipinski definition) is 1. The lowest BCUT2D eigenvalue weighted by atomic mass is 10.0. The third kappa shape index (κ3) is 5.76. The van der Waals surface area contributed by atoms with Gasteiger partial charge in [0, 0.05) is 17.7 Å². The molecule has 0 aliphatic carbocycles. The van der Waals surface area contributed by atoms with Crippen LogP contribution in [-0.4, -0.2) is 37.6 Å². The van der Waals surface area contributed by atoms with Gasteiger partial charge in [-0.15, -0.1) is 11.8 Å². The van der Waals surface area contributed by atoms with Crippen LogP contribution in [0.1, 0.15) is 17.5 Å². The van der Waals surface area contributed by atoms with Crippen LogP contribution in [0.5, 0.6) is 5.75 Å². The molecular formula is C21H24N2O3S. The Balaban J connectivity index is 1.40. The molecule has 0 saturated carbocycles. The van der Waals surface area contributed by atoms with Crippen LogP contribution >= 0.6 is 11.8 Å². The highest BCUT2D eigenvalue weighted by Crippen LogP contribution is 2.17. The van der Waals surface area contributed by atoms with Gasteiger partial charge in [0.2, 0.25) is 5.91 Å². The molecule has 0 bridgehead atoms. The Bertz CT molecular complexity index is 788. The van der Waals surface area contributed by atoms with Gasteiger partial charge in [0.25, 0.3) is 0 Å². The summed E-state index contributed by atoms with van der Waals surface area (Å²) < 4.78 is 5.17. The Morgan fingerprint density at radius 1 is 1.19 bits per heavy atom. The van der Waals surface area contributed by atoms with Gasteiger partial charge in [-0.3, -0.25) is 4.79 Å². The number of nitrogens with one attached hydrogen (secondary N) is 1. The summed E-state index contributed by atoms with van der Waals surface area (Å²) in [6.07, 6.45) is 3.79. The summed E-state index contributed by atoms with van der Waals surface area (Å²) in [6, 6.07) is 16.0. The summed E-state index contributed by atoms with van der Waals surface area (Å²) in [6.45, 7) is 0.470. The van der Waals surface area contributed by atoms with E-state index in [-0.39, 0.29) is 12.0 Å². The third-order valence-corrected chi connectivity index (χ3v) is 5.16. The number of hydrogen-bond acceptors (Lipinski definition) is 5. The minimum Gasteiger partial charge on any atom is -0.497 e. The molecule has 142 valence electrons. The predicted octanol–water partition coefficient (Wildman–Crippen LogP) is 3.46. The number of carbonyl (C=O) groups excluding carboxylic acids is 1. The van der Waals surface area contributed by atoms with E-state index in [4.69, 9.17) is 9.57 Å². The standard InChI is InChI=1S/C21H24N2O3S/c1-25-18-7-3-15(4-8-18)11-17-13-19(26-23-17)14-22-21(24)12-16-5-9-20(27-2)10-6-16/h3-10,19H,11-14H2,1-2H3,(H,22,24)/t19-/m1/s1. The lowest BCUT2D eigenvalue weighted by Crippen LogP contribution is -2.33. The molecule has 27 heavy (non-hydrogen) atoms. The number of nitrogens with zero attached hydrogens (tertiary/aromatic N) is 1. The summed E-state index contributed by atoms with van der Waals surface area (Å²) in [5.41, 5.74) is 3.16. The number of amides is 1. The molecule has 2 aromatic rings. The van der Waals surface area contributed by atoms with Gasteiger partial charge in [0.05, 0.1) is 25.8 Å². The Morgan fingerprint density at radius 2 is 1.89 bits per heavy atom. The highest BCUT2D eigenvalue weighted by Gasteiger charge is 2.21.